The second kappa shape index (κ2) is 5.61. The number of sulfone groups is 1. The molecule has 0 saturated carbocycles. The van der Waals surface area contributed by atoms with Gasteiger partial charge >= 0.3 is 0 Å². The van der Waals surface area contributed by atoms with Crippen LogP contribution in [-0.4, -0.2) is 43.0 Å². The zero-order valence-corrected chi connectivity index (χ0v) is 13.5. The van der Waals surface area contributed by atoms with Crippen LogP contribution >= 0.6 is 39.0 Å². The van der Waals surface area contributed by atoms with Crippen LogP contribution in [0.4, 0.5) is 0 Å². The summed E-state index contributed by atoms with van der Waals surface area (Å²) in [4.78, 5) is 3.28. The third-order valence-corrected chi connectivity index (χ3v) is 6.97. The Morgan fingerprint density at radius 1 is 1.53 bits per heavy atom. The van der Waals surface area contributed by atoms with E-state index in [1.165, 1.54) is 11.1 Å². The molecule has 1 aliphatic rings. The first-order valence-corrected chi connectivity index (χ1v) is 9.93. The average molecular weight is 356 g/mol. The smallest absolute Gasteiger partial charge is 0.164 e. The molecule has 0 aliphatic carbocycles. The van der Waals surface area contributed by atoms with Gasteiger partial charge in [-0.1, -0.05) is 0 Å². The van der Waals surface area contributed by atoms with Gasteiger partial charge in [0, 0.05) is 35.7 Å². The fourth-order valence-corrected chi connectivity index (χ4v) is 6.28. The number of thiophene rings is 1. The zero-order valence-electron chi connectivity index (χ0n) is 9.43. The van der Waals surface area contributed by atoms with E-state index in [9.17, 15) is 8.42 Å². The van der Waals surface area contributed by atoms with Crippen LogP contribution in [0.2, 0.25) is 0 Å². The molecule has 1 fully saturated rings. The molecule has 2 rings (SSSR count). The molecular weight excluding hydrogens is 342 g/mol. The van der Waals surface area contributed by atoms with Crippen molar-refractivity contribution in [3.63, 3.8) is 0 Å². The maximum Gasteiger partial charge on any atom is 0.164 e. The van der Waals surface area contributed by atoms with Gasteiger partial charge in [-0.2, -0.15) is 11.8 Å². The van der Waals surface area contributed by atoms with Crippen LogP contribution in [0.25, 0.3) is 0 Å². The van der Waals surface area contributed by atoms with Crippen molar-refractivity contribution in [1.82, 2.24) is 4.90 Å². The van der Waals surface area contributed by atoms with Crippen LogP contribution in [0.1, 0.15) is 4.88 Å². The highest BCUT2D eigenvalue weighted by Gasteiger charge is 2.30. The molecule has 1 saturated heterocycles. The van der Waals surface area contributed by atoms with E-state index in [4.69, 9.17) is 0 Å². The van der Waals surface area contributed by atoms with Gasteiger partial charge in [0.2, 0.25) is 0 Å². The van der Waals surface area contributed by atoms with E-state index in [1.54, 1.807) is 23.1 Å². The summed E-state index contributed by atoms with van der Waals surface area (Å²) in [5, 5.41) is -0.331. The predicted octanol–water partition coefficient (Wildman–Crippen LogP) is 2.43. The number of hydrogen-bond donors (Lipinski definition) is 0. The molecule has 96 valence electrons. The number of rotatable bonds is 3. The fraction of sp³-hybridized carbons (Fsp3) is 0.600. The van der Waals surface area contributed by atoms with E-state index in [0.717, 1.165) is 22.6 Å². The summed E-state index contributed by atoms with van der Waals surface area (Å²) in [7, 11) is -2.99. The van der Waals surface area contributed by atoms with Crippen LogP contribution in [0.3, 0.4) is 0 Å². The Kier molecular flexibility index (Phi) is 4.57. The zero-order chi connectivity index (χ0) is 12.5. The molecule has 1 aliphatic heterocycles. The van der Waals surface area contributed by atoms with Gasteiger partial charge in [-0.15, -0.1) is 11.3 Å². The minimum absolute atomic E-state index is 0.331. The fourth-order valence-electron chi connectivity index (χ4n) is 1.83. The average Bonchev–Trinajstić information content (AvgIpc) is 2.63. The van der Waals surface area contributed by atoms with Gasteiger partial charge in [-0.25, -0.2) is 8.42 Å². The highest BCUT2D eigenvalue weighted by molar-refractivity contribution is 9.11. The molecule has 1 aromatic heterocycles. The van der Waals surface area contributed by atoms with Crippen molar-refractivity contribution < 1.29 is 8.42 Å². The van der Waals surface area contributed by atoms with Crippen LogP contribution in [0.5, 0.6) is 0 Å². The summed E-state index contributed by atoms with van der Waals surface area (Å²) >= 11 is 6.82. The van der Waals surface area contributed by atoms with E-state index in [1.807, 2.05) is 6.07 Å². The van der Waals surface area contributed by atoms with Crippen molar-refractivity contribution in [3.8, 4) is 0 Å². The van der Waals surface area contributed by atoms with E-state index in [-0.39, 0.29) is 5.37 Å². The lowest BCUT2D eigenvalue weighted by Crippen LogP contribution is -2.46. The maximum atomic E-state index is 11.7. The van der Waals surface area contributed by atoms with Gasteiger partial charge in [0.1, 0.15) is 5.37 Å². The Morgan fingerprint density at radius 2 is 2.29 bits per heavy atom. The van der Waals surface area contributed by atoms with Gasteiger partial charge in [-0.05, 0) is 28.1 Å². The molecule has 1 unspecified atom stereocenters. The summed E-state index contributed by atoms with van der Waals surface area (Å²) in [6, 6.07) is 4.06. The second-order valence-corrected chi connectivity index (χ2v) is 9.94. The Hall–Kier alpha value is 0.440. The number of nitrogens with zero attached hydrogens (tertiary/aromatic N) is 1. The van der Waals surface area contributed by atoms with Gasteiger partial charge in [0.15, 0.2) is 9.84 Å². The van der Waals surface area contributed by atoms with Crippen LogP contribution < -0.4 is 0 Å². The normalized spacial score (nSPS) is 22.8. The standard InChI is InChI=1S/C10H14BrNO2S3/c1-17(13,14)10-7-15-5-4-12(10)6-8-2-3-9(11)16-8/h2-3,10H,4-7H2,1H3. The summed E-state index contributed by atoms with van der Waals surface area (Å²) in [6.07, 6.45) is 1.33. The first-order valence-electron chi connectivity index (χ1n) is 5.22. The molecule has 0 N–H and O–H groups in total. The number of thioether (sulfide) groups is 1. The van der Waals surface area contributed by atoms with E-state index in [0.29, 0.717) is 5.75 Å². The van der Waals surface area contributed by atoms with Crippen LogP contribution in [0, 0.1) is 0 Å². The van der Waals surface area contributed by atoms with Crippen molar-refractivity contribution >= 4 is 48.9 Å². The summed E-state index contributed by atoms with van der Waals surface area (Å²) in [6.45, 7) is 1.58. The summed E-state index contributed by atoms with van der Waals surface area (Å²) in [5.74, 6) is 1.70. The monoisotopic (exact) mass is 355 g/mol. The topological polar surface area (TPSA) is 37.4 Å². The highest BCUT2D eigenvalue weighted by atomic mass is 79.9. The first kappa shape index (κ1) is 13.9. The Morgan fingerprint density at radius 3 is 2.88 bits per heavy atom. The van der Waals surface area contributed by atoms with E-state index in [2.05, 4.69) is 26.9 Å². The maximum absolute atomic E-state index is 11.7. The van der Waals surface area contributed by atoms with Crippen molar-refractivity contribution in [2.45, 2.75) is 11.9 Å². The van der Waals surface area contributed by atoms with Gasteiger partial charge in [-0.3, -0.25) is 4.90 Å². The third-order valence-electron chi connectivity index (χ3n) is 2.67. The van der Waals surface area contributed by atoms with E-state index >= 15 is 0 Å². The number of halogens is 1. The molecule has 1 aromatic rings. The van der Waals surface area contributed by atoms with Gasteiger partial charge in [0.25, 0.3) is 0 Å². The lowest BCUT2D eigenvalue weighted by atomic mass is 10.4. The minimum atomic E-state index is -2.99. The Labute approximate surface area is 119 Å². The summed E-state index contributed by atoms with van der Waals surface area (Å²) < 4.78 is 24.6. The van der Waals surface area contributed by atoms with Crippen LogP contribution in [0.15, 0.2) is 15.9 Å². The highest BCUT2D eigenvalue weighted by Crippen LogP contribution is 2.27. The van der Waals surface area contributed by atoms with Gasteiger partial charge in [0.05, 0.1) is 3.79 Å². The van der Waals surface area contributed by atoms with Crippen molar-refractivity contribution in [2.24, 2.45) is 0 Å². The largest absolute Gasteiger partial charge is 0.281 e. The molecule has 17 heavy (non-hydrogen) atoms. The lowest BCUT2D eigenvalue weighted by molar-refractivity contribution is 0.264. The molecule has 0 aromatic carbocycles. The number of hydrogen-bond acceptors (Lipinski definition) is 5. The lowest BCUT2D eigenvalue weighted by Gasteiger charge is -2.33. The predicted molar refractivity (Wildman–Crippen MR) is 78.4 cm³/mol. The Bertz CT molecular complexity index is 485. The molecule has 7 heteroatoms. The molecule has 2 heterocycles. The molecule has 0 amide bonds. The molecular formula is C10H14BrNO2S3. The molecule has 0 bridgehead atoms. The van der Waals surface area contributed by atoms with E-state index < -0.39 is 9.84 Å². The minimum Gasteiger partial charge on any atom is -0.281 e. The third kappa shape index (κ3) is 3.70. The molecule has 3 nitrogen and oxygen atoms in total. The SMILES string of the molecule is CS(=O)(=O)C1CSCCN1Cc1ccc(Br)s1. The Balaban J connectivity index is 2.12. The van der Waals surface area contributed by atoms with Gasteiger partial charge < -0.3 is 0 Å². The quantitative estimate of drug-likeness (QED) is 0.834. The molecule has 1 atom stereocenters. The first-order chi connectivity index (χ1) is 7.97. The van der Waals surface area contributed by atoms with Crippen molar-refractivity contribution in [3.05, 3.63) is 20.8 Å². The molecule has 0 radical (unpaired) electrons. The summed E-state index contributed by atoms with van der Waals surface area (Å²) in [5.41, 5.74) is 0. The van der Waals surface area contributed by atoms with Crippen molar-refractivity contribution in [2.75, 3.05) is 24.3 Å². The van der Waals surface area contributed by atoms with Crippen LogP contribution in [-0.2, 0) is 16.4 Å². The van der Waals surface area contributed by atoms with Crippen molar-refractivity contribution in [1.29, 1.82) is 0 Å². The molecule has 0 spiro atoms. The second-order valence-electron chi connectivity index (χ2n) is 4.04.